The van der Waals surface area contributed by atoms with E-state index in [1.165, 1.54) is 14.2 Å². The van der Waals surface area contributed by atoms with Crippen LogP contribution < -0.4 is 5.32 Å². The van der Waals surface area contributed by atoms with Crippen molar-refractivity contribution in [3.63, 3.8) is 0 Å². The fourth-order valence-corrected chi connectivity index (χ4v) is 1.57. The van der Waals surface area contributed by atoms with E-state index in [4.69, 9.17) is 15.0 Å². The Morgan fingerprint density at radius 2 is 2.18 bits per heavy atom. The summed E-state index contributed by atoms with van der Waals surface area (Å²) in [6, 6.07) is 0. The van der Waals surface area contributed by atoms with Crippen molar-refractivity contribution in [1.82, 2.24) is 5.32 Å². The van der Waals surface area contributed by atoms with Crippen LogP contribution in [0.5, 0.6) is 0 Å². The smallest absolute Gasteiger partial charge is 0.328 e. The van der Waals surface area contributed by atoms with E-state index < -0.39 is 5.54 Å². The number of rotatable bonds is 8. The van der Waals surface area contributed by atoms with Crippen LogP contribution in [-0.4, -0.2) is 45.4 Å². The van der Waals surface area contributed by atoms with Crippen LogP contribution in [0.15, 0.2) is 5.11 Å². The van der Waals surface area contributed by atoms with E-state index >= 15 is 0 Å². The van der Waals surface area contributed by atoms with Gasteiger partial charge in [-0.3, -0.25) is 5.32 Å². The zero-order chi connectivity index (χ0) is 13.3. The number of hydrogen-bond donors (Lipinski definition) is 1. The molecule has 0 rings (SSSR count). The van der Waals surface area contributed by atoms with Gasteiger partial charge in [-0.2, -0.15) is 0 Å². The van der Waals surface area contributed by atoms with Gasteiger partial charge in [0.05, 0.1) is 13.7 Å². The molecule has 0 aliphatic carbocycles. The molecule has 0 heterocycles. The van der Waals surface area contributed by atoms with Crippen molar-refractivity contribution in [3.8, 4) is 0 Å². The molecule has 1 atom stereocenters. The van der Waals surface area contributed by atoms with Gasteiger partial charge in [0.25, 0.3) is 0 Å². The lowest BCUT2D eigenvalue weighted by Gasteiger charge is -2.34. The third-order valence-corrected chi connectivity index (χ3v) is 2.62. The summed E-state index contributed by atoms with van der Waals surface area (Å²) in [4.78, 5) is 14.5. The number of esters is 1. The molecule has 0 fully saturated rings. The highest BCUT2D eigenvalue weighted by molar-refractivity contribution is 5.81. The Balaban J connectivity index is 4.77. The normalized spacial score (nSPS) is 13.9. The molecule has 0 aromatic heterocycles. The third kappa shape index (κ3) is 4.22. The maximum absolute atomic E-state index is 11.9. The van der Waals surface area contributed by atoms with Crippen molar-refractivity contribution in [2.75, 3.05) is 33.9 Å². The highest BCUT2D eigenvalue weighted by Crippen LogP contribution is 2.19. The molecule has 0 aromatic rings. The van der Waals surface area contributed by atoms with Gasteiger partial charge in [0.15, 0.2) is 0 Å². The highest BCUT2D eigenvalue weighted by Gasteiger charge is 2.42. The van der Waals surface area contributed by atoms with E-state index in [0.29, 0.717) is 6.54 Å². The Morgan fingerprint density at radius 1 is 1.53 bits per heavy atom. The van der Waals surface area contributed by atoms with Crippen LogP contribution in [0.25, 0.3) is 10.4 Å². The fraction of sp³-hybridized carbons (Fsp3) is 0.900. The molecule has 0 saturated carbocycles. The van der Waals surface area contributed by atoms with Crippen LogP contribution in [0, 0.1) is 5.92 Å². The molecule has 1 unspecified atom stereocenters. The Bertz CT molecular complexity index is 289. The zero-order valence-electron chi connectivity index (χ0n) is 10.8. The van der Waals surface area contributed by atoms with Gasteiger partial charge >= 0.3 is 5.97 Å². The van der Waals surface area contributed by atoms with Crippen molar-refractivity contribution in [2.24, 2.45) is 11.0 Å². The summed E-state index contributed by atoms with van der Waals surface area (Å²) < 4.78 is 9.88. The molecule has 98 valence electrons. The average molecular weight is 244 g/mol. The van der Waals surface area contributed by atoms with Crippen LogP contribution in [0.4, 0.5) is 0 Å². The highest BCUT2D eigenvalue weighted by atomic mass is 16.5. The first-order valence-electron chi connectivity index (χ1n) is 5.38. The van der Waals surface area contributed by atoms with Crippen molar-refractivity contribution in [1.29, 1.82) is 0 Å². The number of carbonyl (C=O) groups is 1. The van der Waals surface area contributed by atoms with Gasteiger partial charge in [0.1, 0.15) is 5.54 Å². The zero-order valence-corrected chi connectivity index (χ0v) is 10.8. The fourth-order valence-electron chi connectivity index (χ4n) is 1.57. The molecule has 7 heteroatoms. The minimum Gasteiger partial charge on any atom is -0.468 e. The molecule has 1 N–H and O–H groups in total. The third-order valence-electron chi connectivity index (χ3n) is 2.62. The van der Waals surface area contributed by atoms with Crippen molar-refractivity contribution in [2.45, 2.75) is 19.4 Å². The number of methoxy groups -OCH3 is 2. The maximum atomic E-state index is 11.9. The summed E-state index contributed by atoms with van der Waals surface area (Å²) in [6.07, 6.45) is 0. The lowest BCUT2D eigenvalue weighted by Crippen LogP contribution is -2.60. The van der Waals surface area contributed by atoms with E-state index in [-0.39, 0.29) is 25.0 Å². The molecule has 0 bridgehead atoms. The monoisotopic (exact) mass is 244 g/mol. The van der Waals surface area contributed by atoms with Crippen LogP contribution in [-0.2, 0) is 14.3 Å². The number of azide groups is 1. The molecule has 0 amide bonds. The summed E-state index contributed by atoms with van der Waals surface area (Å²) in [5, 5.41) is 6.46. The van der Waals surface area contributed by atoms with E-state index in [0.717, 1.165) is 0 Å². The van der Waals surface area contributed by atoms with E-state index in [9.17, 15) is 4.79 Å². The van der Waals surface area contributed by atoms with Crippen molar-refractivity contribution < 1.29 is 14.3 Å². The number of ether oxygens (including phenoxy) is 2. The standard InChI is InChI=1S/C10H20N4O3/c1-8(2)10(7-16-3,9(15)17-4)12-5-6-13-14-11/h8,12H,5-7H2,1-4H3. The minimum atomic E-state index is -0.908. The molecular weight excluding hydrogens is 224 g/mol. The molecule has 0 radical (unpaired) electrons. The summed E-state index contributed by atoms with van der Waals surface area (Å²) >= 11 is 0. The molecule has 7 nitrogen and oxygen atoms in total. The van der Waals surface area contributed by atoms with Gasteiger partial charge in [-0.15, -0.1) is 0 Å². The van der Waals surface area contributed by atoms with Crippen LogP contribution in [0.2, 0.25) is 0 Å². The molecule has 0 aromatic carbocycles. The summed E-state index contributed by atoms with van der Waals surface area (Å²) in [5.74, 6) is -0.392. The second-order valence-corrected chi connectivity index (χ2v) is 3.93. The van der Waals surface area contributed by atoms with Crippen molar-refractivity contribution in [3.05, 3.63) is 10.4 Å². The lowest BCUT2D eigenvalue weighted by atomic mass is 9.87. The molecule has 0 saturated heterocycles. The van der Waals surface area contributed by atoms with Crippen LogP contribution in [0.3, 0.4) is 0 Å². The molecule has 0 aliphatic heterocycles. The van der Waals surface area contributed by atoms with E-state index in [2.05, 4.69) is 15.3 Å². The van der Waals surface area contributed by atoms with Gasteiger partial charge in [0.2, 0.25) is 0 Å². The molecule has 17 heavy (non-hydrogen) atoms. The van der Waals surface area contributed by atoms with Gasteiger partial charge in [-0.1, -0.05) is 19.0 Å². The van der Waals surface area contributed by atoms with Crippen molar-refractivity contribution >= 4 is 5.97 Å². The quantitative estimate of drug-likeness (QED) is 0.227. The minimum absolute atomic E-state index is 0.0130. The van der Waals surface area contributed by atoms with Crippen LogP contribution in [0.1, 0.15) is 13.8 Å². The Morgan fingerprint density at radius 3 is 2.59 bits per heavy atom. The summed E-state index contributed by atoms with van der Waals surface area (Å²) in [6.45, 7) is 4.66. The second-order valence-electron chi connectivity index (χ2n) is 3.93. The number of carbonyl (C=O) groups excluding carboxylic acids is 1. The SMILES string of the molecule is COCC(NCCN=[N+]=[N-])(C(=O)OC)C(C)C. The number of nitrogens with zero attached hydrogens (tertiary/aromatic N) is 3. The largest absolute Gasteiger partial charge is 0.468 e. The van der Waals surface area contributed by atoms with Gasteiger partial charge in [0, 0.05) is 25.1 Å². The first-order valence-corrected chi connectivity index (χ1v) is 5.38. The number of hydrogen-bond acceptors (Lipinski definition) is 5. The summed E-state index contributed by atoms with van der Waals surface area (Å²) in [7, 11) is 2.86. The Kier molecular flexibility index (Phi) is 7.29. The molecular formula is C10H20N4O3. The second kappa shape index (κ2) is 7.89. The van der Waals surface area contributed by atoms with Gasteiger partial charge in [-0.25, -0.2) is 4.79 Å². The number of nitrogens with one attached hydrogen (secondary N) is 1. The summed E-state index contributed by atoms with van der Waals surface area (Å²) in [5.41, 5.74) is 7.27. The van der Waals surface area contributed by atoms with E-state index in [1.807, 2.05) is 13.8 Å². The predicted octanol–water partition coefficient (Wildman–Crippen LogP) is 1.10. The first kappa shape index (κ1) is 15.7. The van der Waals surface area contributed by atoms with Gasteiger partial charge in [-0.05, 0) is 11.4 Å². The van der Waals surface area contributed by atoms with Gasteiger partial charge < -0.3 is 9.47 Å². The van der Waals surface area contributed by atoms with E-state index in [1.54, 1.807) is 0 Å². The Labute approximate surface area is 101 Å². The average Bonchev–Trinajstić information content (AvgIpc) is 2.31. The topological polar surface area (TPSA) is 96.3 Å². The first-order chi connectivity index (χ1) is 8.05. The Hall–Kier alpha value is -1.30. The lowest BCUT2D eigenvalue weighted by molar-refractivity contribution is -0.153. The molecule has 0 spiro atoms. The molecule has 0 aliphatic rings. The predicted molar refractivity (Wildman–Crippen MR) is 63.5 cm³/mol. The maximum Gasteiger partial charge on any atom is 0.328 e. The van der Waals surface area contributed by atoms with Crippen LogP contribution >= 0.6 is 0 Å².